The second-order valence-electron chi connectivity index (χ2n) is 7.43. The van der Waals surface area contributed by atoms with Crippen molar-refractivity contribution < 1.29 is 14.0 Å². The Bertz CT molecular complexity index is 874. The van der Waals surface area contributed by atoms with Crippen LogP contribution >= 0.6 is 0 Å². The van der Waals surface area contributed by atoms with Gasteiger partial charge in [-0.25, -0.2) is 4.39 Å². The highest BCUT2D eigenvalue weighted by atomic mass is 19.1. The van der Waals surface area contributed by atoms with Crippen molar-refractivity contribution in [3.05, 3.63) is 71.0 Å². The summed E-state index contributed by atoms with van der Waals surface area (Å²) in [6, 6.07) is 14.6. The van der Waals surface area contributed by atoms with Gasteiger partial charge in [-0.15, -0.1) is 0 Å². The average molecular weight is 381 g/mol. The third-order valence-corrected chi connectivity index (χ3v) is 5.29. The van der Waals surface area contributed by atoms with E-state index in [1.807, 2.05) is 4.90 Å². The minimum atomic E-state index is -0.580. The summed E-state index contributed by atoms with van der Waals surface area (Å²) >= 11 is 0. The number of piperazine rings is 1. The number of carbonyl (C=O) groups is 1. The van der Waals surface area contributed by atoms with Crippen LogP contribution in [0.3, 0.4) is 0 Å². The molecule has 2 heterocycles. The van der Waals surface area contributed by atoms with Crippen molar-refractivity contribution in [3.63, 3.8) is 0 Å². The molecule has 1 saturated heterocycles. The molecule has 2 aromatic carbocycles. The number of rotatable bonds is 4. The van der Waals surface area contributed by atoms with Crippen molar-refractivity contribution in [2.45, 2.75) is 26.0 Å². The predicted octanol–water partition coefficient (Wildman–Crippen LogP) is 2.97. The zero-order valence-corrected chi connectivity index (χ0v) is 16.0. The molecule has 1 unspecified atom stereocenters. The van der Waals surface area contributed by atoms with Crippen molar-refractivity contribution in [2.24, 2.45) is 5.16 Å². The fourth-order valence-corrected chi connectivity index (χ4v) is 3.72. The van der Waals surface area contributed by atoms with Gasteiger partial charge < -0.3 is 9.74 Å². The van der Waals surface area contributed by atoms with Gasteiger partial charge >= 0.3 is 0 Å². The number of oxime groups is 1. The Hall–Kier alpha value is -2.73. The molecule has 6 heteroatoms. The van der Waals surface area contributed by atoms with Crippen molar-refractivity contribution in [2.75, 3.05) is 26.2 Å². The number of amides is 1. The molecule has 0 bridgehead atoms. The van der Waals surface area contributed by atoms with Crippen molar-refractivity contribution in [1.82, 2.24) is 9.80 Å². The Balaban J connectivity index is 1.28. The van der Waals surface area contributed by atoms with Gasteiger partial charge in [-0.05, 0) is 30.2 Å². The van der Waals surface area contributed by atoms with Gasteiger partial charge in [0, 0.05) is 39.1 Å². The Morgan fingerprint density at radius 2 is 1.89 bits per heavy atom. The van der Waals surface area contributed by atoms with E-state index in [4.69, 9.17) is 4.84 Å². The van der Waals surface area contributed by atoms with E-state index in [9.17, 15) is 9.18 Å². The third-order valence-electron chi connectivity index (χ3n) is 5.29. The van der Waals surface area contributed by atoms with Gasteiger partial charge in [-0.2, -0.15) is 0 Å². The number of hydrogen-bond acceptors (Lipinski definition) is 4. The van der Waals surface area contributed by atoms with Crippen LogP contribution in [0.2, 0.25) is 0 Å². The van der Waals surface area contributed by atoms with Crippen LogP contribution in [0.15, 0.2) is 53.7 Å². The largest absolute Gasteiger partial charge is 0.382 e. The Morgan fingerprint density at radius 3 is 2.61 bits per heavy atom. The Kier molecular flexibility index (Phi) is 5.39. The Morgan fingerprint density at radius 1 is 1.14 bits per heavy atom. The number of aryl methyl sites for hydroxylation is 1. The van der Waals surface area contributed by atoms with Crippen molar-refractivity contribution in [1.29, 1.82) is 0 Å². The minimum absolute atomic E-state index is 0.0175. The van der Waals surface area contributed by atoms with Gasteiger partial charge in [0.1, 0.15) is 5.82 Å². The summed E-state index contributed by atoms with van der Waals surface area (Å²) < 4.78 is 13.1. The van der Waals surface area contributed by atoms with Crippen LogP contribution < -0.4 is 0 Å². The lowest BCUT2D eigenvalue weighted by molar-refractivity contribution is -0.143. The normalized spacial score (nSPS) is 20.0. The zero-order valence-electron chi connectivity index (χ0n) is 16.0. The molecule has 0 spiro atoms. The molecule has 1 fully saturated rings. The van der Waals surface area contributed by atoms with Crippen LogP contribution in [0.5, 0.6) is 0 Å². The molecule has 1 atom stereocenters. The maximum atomic E-state index is 13.1. The molecule has 0 saturated carbocycles. The van der Waals surface area contributed by atoms with Crippen LogP contribution in [0.4, 0.5) is 4.39 Å². The number of nitrogens with zero attached hydrogens (tertiary/aromatic N) is 3. The van der Waals surface area contributed by atoms with Gasteiger partial charge in [0.15, 0.2) is 0 Å². The topological polar surface area (TPSA) is 45.1 Å². The number of carbonyl (C=O) groups excluding carboxylic acids is 1. The SMILES string of the molecule is Cc1cccc(CN2CCN(C(=O)C3CC(c4ccc(F)cc4)=NO3)CC2)c1. The van der Waals surface area contributed by atoms with E-state index in [1.165, 1.54) is 23.3 Å². The first-order valence-corrected chi connectivity index (χ1v) is 9.64. The highest BCUT2D eigenvalue weighted by Gasteiger charge is 2.33. The van der Waals surface area contributed by atoms with Gasteiger partial charge in [0.2, 0.25) is 6.10 Å². The zero-order chi connectivity index (χ0) is 19.5. The molecule has 0 N–H and O–H groups in total. The molecular formula is C22H24FN3O2. The maximum Gasteiger partial charge on any atom is 0.266 e. The summed E-state index contributed by atoms with van der Waals surface area (Å²) in [6.45, 7) is 6.08. The summed E-state index contributed by atoms with van der Waals surface area (Å²) in [4.78, 5) is 22.4. The van der Waals surface area contributed by atoms with E-state index in [-0.39, 0.29) is 11.7 Å². The summed E-state index contributed by atoms with van der Waals surface area (Å²) in [5.41, 5.74) is 4.05. The fourth-order valence-electron chi connectivity index (χ4n) is 3.72. The van der Waals surface area contributed by atoms with Crippen molar-refractivity contribution in [3.8, 4) is 0 Å². The van der Waals surface area contributed by atoms with E-state index >= 15 is 0 Å². The molecule has 4 rings (SSSR count). The second kappa shape index (κ2) is 8.10. The van der Waals surface area contributed by atoms with Gasteiger partial charge in [0.05, 0.1) is 5.71 Å². The molecule has 2 aliphatic heterocycles. The lowest BCUT2D eigenvalue weighted by Gasteiger charge is -2.35. The van der Waals surface area contributed by atoms with E-state index < -0.39 is 6.10 Å². The van der Waals surface area contributed by atoms with Crippen LogP contribution in [0, 0.1) is 12.7 Å². The molecule has 2 aliphatic rings. The minimum Gasteiger partial charge on any atom is -0.382 e. The Labute approximate surface area is 164 Å². The number of benzene rings is 2. The lowest BCUT2D eigenvalue weighted by Crippen LogP contribution is -2.51. The molecule has 5 nitrogen and oxygen atoms in total. The standard InChI is InChI=1S/C22H24FN3O2/c1-16-3-2-4-17(13-16)15-25-9-11-26(12-10-25)22(27)21-14-20(24-28-21)18-5-7-19(23)8-6-18/h2-8,13,21H,9-12,14-15H2,1H3. The highest BCUT2D eigenvalue weighted by Crippen LogP contribution is 2.20. The smallest absolute Gasteiger partial charge is 0.266 e. The molecule has 1 amide bonds. The van der Waals surface area contributed by atoms with Crippen LogP contribution in [0.25, 0.3) is 0 Å². The summed E-state index contributed by atoms with van der Waals surface area (Å²) in [7, 11) is 0. The van der Waals surface area contributed by atoms with Crippen LogP contribution in [-0.4, -0.2) is 53.7 Å². The maximum absolute atomic E-state index is 13.1. The number of hydrogen-bond donors (Lipinski definition) is 0. The van der Waals surface area contributed by atoms with Gasteiger partial charge in [-0.3, -0.25) is 9.69 Å². The summed E-state index contributed by atoms with van der Waals surface area (Å²) in [6.07, 6.45) is -0.156. The molecule has 2 aromatic rings. The molecule has 0 aliphatic carbocycles. The molecular weight excluding hydrogens is 357 g/mol. The van der Waals surface area contributed by atoms with E-state index in [0.717, 1.165) is 25.2 Å². The van der Waals surface area contributed by atoms with E-state index in [0.29, 0.717) is 25.2 Å². The fraction of sp³-hybridized carbons (Fsp3) is 0.364. The molecule has 0 radical (unpaired) electrons. The van der Waals surface area contributed by atoms with Gasteiger partial charge in [-0.1, -0.05) is 47.1 Å². The van der Waals surface area contributed by atoms with Crippen LogP contribution in [0.1, 0.15) is 23.1 Å². The monoisotopic (exact) mass is 381 g/mol. The average Bonchev–Trinajstić information content (AvgIpc) is 3.19. The summed E-state index contributed by atoms with van der Waals surface area (Å²) in [5, 5.41) is 4.05. The predicted molar refractivity (Wildman–Crippen MR) is 105 cm³/mol. The highest BCUT2D eigenvalue weighted by molar-refractivity contribution is 6.04. The first-order chi connectivity index (χ1) is 13.6. The first-order valence-electron chi connectivity index (χ1n) is 9.64. The summed E-state index contributed by atoms with van der Waals surface area (Å²) in [5.74, 6) is -0.310. The van der Waals surface area contributed by atoms with E-state index in [1.54, 1.807) is 12.1 Å². The first kappa shape index (κ1) is 18.6. The number of halogens is 1. The molecule has 28 heavy (non-hydrogen) atoms. The second-order valence-corrected chi connectivity index (χ2v) is 7.43. The molecule has 146 valence electrons. The molecule has 0 aromatic heterocycles. The lowest BCUT2D eigenvalue weighted by atomic mass is 10.0. The quantitative estimate of drug-likeness (QED) is 0.818. The van der Waals surface area contributed by atoms with E-state index in [2.05, 4.69) is 41.2 Å². The van der Waals surface area contributed by atoms with Gasteiger partial charge in [0.25, 0.3) is 5.91 Å². The third kappa shape index (κ3) is 4.22. The van der Waals surface area contributed by atoms with Crippen LogP contribution in [-0.2, 0) is 16.2 Å². The van der Waals surface area contributed by atoms with Crippen molar-refractivity contribution >= 4 is 11.6 Å².